The van der Waals surface area contributed by atoms with Crippen LogP contribution < -0.4 is 5.32 Å². The fourth-order valence-corrected chi connectivity index (χ4v) is 2.65. The Morgan fingerprint density at radius 1 is 1.10 bits per heavy atom. The molecular weight excluding hydrogens is 352 g/mol. The van der Waals surface area contributed by atoms with E-state index >= 15 is 0 Å². The monoisotopic (exact) mass is 360 g/mol. The van der Waals surface area contributed by atoms with Crippen molar-refractivity contribution in [2.24, 2.45) is 0 Å². The van der Waals surface area contributed by atoms with Crippen molar-refractivity contribution in [1.29, 1.82) is 0 Å². The van der Waals surface area contributed by atoms with Gasteiger partial charge in [0.15, 0.2) is 0 Å². The first-order valence-corrected chi connectivity index (χ1v) is 7.43. The molecule has 0 saturated heterocycles. The maximum atomic E-state index is 12.4. The highest BCUT2D eigenvalue weighted by Crippen LogP contribution is 2.27. The van der Waals surface area contributed by atoms with Gasteiger partial charge in [-0.3, -0.25) is 9.78 Å². The van der Waals surface area contributed by atoms with Gasteiger partial charge in [-0.25, -0.2) is 0 Å². The first-order chi connectivity index (χ1) is 10.2. The highest BCUT2D eigenvalue weighted by molar-refractivity contribution is 9.10. The van der Waals surface area contributed by atoms with E-state index in [4.69, 9.17) is 11.6 Å². The van der Waals surface area contributed by atoms with Gasteiger partial charge < -0.3 is 5.32 Å². The molecule has 1 amide bonds. The standard InChI is InChI=1S/C16H10BrClN2O/c17-12-7-2-6-11(14(12)18)16(21)20-13-8-1-4-10-5-3-9-19-15(10)13/h1-9H,(H,20,21). The molecule has 0 fully saturated rings. The fourth-order valence-electron chi connectivity index (χ4n) is 2.07. The van der Waals surface area contributed by atoms with Crippen LogP contribution in [0, 0.1) is 0 Å². The minimum absolute atomic E-state index is 0.264. The molecule has 5 heteroatoms. The number of amides is 1. The average Bonchev–Trinajstić information content (AvgIpc) is 2.50. The topological polar surface area (TPSA) is 42.0 Å². The van der Waals surface area contributed by atoms with Crippen LogP contribution in [0.4, 0.5) is 5.69 Å². The molecule has 2 aromatic carbocycles. The van der Waals surface area contributed by atoms with E-state index in [2.05, 4.69) is 26.2 Å². The van der Waals surface area contributed by atoms with Gasteiger partial charge in [-0.1, -0.05) is 35.9 Å². The second-order valence-electron chi connectivity index (χ2n) is 4.44. The molecule has 0 bridgehead atoms. The summed E-state index contributed by atoms with van der Waals surface area (Å²) in [6.45, 7) is 0. The number of aromatic nitrogens is 1. The van der Waals surface area contributed by atoms with E-state index in [1.165, 1.54) is 0 Å². The van der Waals surface area contributed by atoms with Gasteiger partial charge in [0, 0.05) is 16.1 Å². The summed E-state index contributed by atoms with van der Waals surface area (Å²) >= 11 is 9.46. The summed E-state index contributed by atoms with van der Waals surface area (Å²) < 4.78 is 0.688. The van der Waals surface area contributed by atoms with Gasteiger partial charge in [-0.05, 0) is 40.2 Å². The minimum Gasteiger partial charge on any atom is -0.320 e. The zero-order chi connectivity index (χ0) is 14.8. The molecule has 0 spiro atoms. The molecule has 0 saturated carbocycles. The summed E-state index contributed by atoms with van der Waals surface area (Å²) in [5.74, 6) is -0.264. The Morgan fingerprint density at radius 2 is 1.86 bits per heavy atom. The Bertz CT molecular complexity index is 830. The molecule has 21 heavy (non-hydrogen) atoms. The van der Waals surface area contributed by atoms with Gasteiger partial charge >= 0.3 is 0 Å². The Kier molecular flexibility index (Phi) is 3.90. The summed E-state index contributed by atoms with van der Waals surface area (Å²) in [4.78, 5) is 16.7. The van der Waals surface area contributed by atoms with Crippen molar-refractivity contribution in [3.05, 3.63) is 69.8 Å². The highest BCUT2D eigenvalue weighted by Gasteiger charge is 2.13. The number of nitrogens with one attached hydrogen (secondary N) is 1. The Balaban J connectivity index is 1.99. The minimum atomic E-state index is -0.264. The number of halogens is 2. The van der Waals surface area contributed by atoms with Gasteiger partial charge in [0.05, 0.1) is 21.8 Å². The van der Waals surface area contributed by atoms with Crippen LogP contribution in [0.2, 0.25) is 5.02 Å². The second-order valence-corrected chi connectivity index (χ2v) is 5.67. The van der Waals surface area contributed by atoms with E-state index in [0.717, 1.165) is 10.9 Å². The number of hydrogen-bond donors (Lipinski definition) is 1. The van der Waals surface area contributed by atoms with E-state index in [1.54, 1.807) is 24.4 Å². The summed E-state index contributed by atoms with van der Waals surface area (Å²) in [5.41, 5.74) is 1.83. The predicted octanol–water partition coefficient (Wildman–Crippen LogP) is 4.90. The summed E-state index contributed by atoms with van der Waals surface area (Å²) in [6.07, 6.45) is 1.70. The van der Waals surface area contributed by atoms with Crippen LogP contribution in [0.15, 0.2) is 59.2 Å². The number of benzene rings is 2. The second kappa shape index (κ2) is 5.84. The van der Waals surface area contributed by atoms with Crippen LogP contribution in [0.3, 0.4) is 0 Å². The zero-order valence-electron chi connectivity index (χ0n) is 10.8. The molecule has 0 unspecified atom stereocenters. The largest absolute Gasteiger partial charge is 0.320 e. The molecule has 104 valence electrons. The third kappa shape index (κ3) is 2.77. The van der Waals surface area contributed by atoms with Crippen LogP contribution in [-0.4, -0.2) is 10.9 Å². The first-order valence-electron chi connectivity index (χ1n) is 6.26. The molecule has 1 heterocycles. The first kappa shape index (κ1) is 14.0. The molecule has 3 rings (SSSR count). The predicted molar refractivity (Wildman–Crippen MR) is 88.8 cm³/mol. The Labute approximate surface area is 135 Å². The van der Waals surface area contributed by atoms with Crippen molar-refractivity contribution in [1.82, 2.24) is 4.98 Å². The van der Waals surface area contributed by atoms with Gasteiger partial charge in [0.1, 0.15) is 0 Å². The molecule has 0 aliphatic carbocycles. The number of hydrogen-bond acceptors (Lipinski definition) is 2. The van der Waals surface area contributed by atoms with Gasteiger partial charge in [0.2, 0.25) is 0 Å². The van der Waals surface area contributed by atoms with Crippen molar-refractivity contribution in [3.63, 3.8) is 0 Å². The number of anilines is 1. The number of pyridine rings is 1. The van der Waals surface area contributed by atoms with Gasteiger partial charge in [-0.2, -0.15) is 0 Å². The molecule has 1 aromatic heterocycles. The molecule has 0 aliphatic heterocycles. The maximum Gasteiger partial charge on any atom is 0.257 e. The Hall–Kier alpha value is -1.91. The quantitative estimate of drug-likeness (QED) is 0.705. The molecular formula is C16H10BrClN2O. The van der Waals surface area contributed by atoms with Crippen LogP contribution in [0.5, 0.6) is 0 Å². The average molecular weight is 362 g/mol. The van der Waals surface area contributed by atoms with Crippen LogP contribution >= 0.6 is 27.5 Å². The van der Waals surface area contributed by atoms with Crippen molar-refractivity contribution in [2.75, 3.05) is 5.32 Å². The molecule has 3 aromatic rings. The number of carbonyl (C=O) groups excluding carboxylic acids is 1. The lowest BCUT2D eigenvalue weighted by Gasteiger charge is -2.09. The Morgan fingerprint density at radius 3 is 2.71 bits per heavy atom. The van der Waals surface area contributed by atoms with Crippen LogP contribution in [0.1, 0.15) is 10.4 Å². The fraction of sp³-hybridized carbons (Fsp3) is 0. The summed E-state index contributed by atoms with van der Waals surface area (Å²) in [7, 11) is 0. The van der Waals surface area contributed by atoms with Crippen LogP contribution in [0.25, 0.3) is 10.9 Å². The van der Waals surface area contributed by atoms with E-state index in [-0.39, 0.29) is 5.91 Å². The summed E-state index contributed by atoms with van der Waals surface area (Å²) in [5, 5.41) is 4.22. The lowest BCUT2D eigenvalue weighted by atomic mass is 10.1. The highest BCUT2D eigenvalue weighted by atomic mass is 79.9. The molecule has 0 atom stereocenters. The van der Waals surface area contributed by atoms with E-state index in [1.807, 2.05) is 30.3 Å². The number of nitrogens with zero attached hydrogens (tertiary/aromatic N) is 1. The zero-order valence-corrected chi connectivity index (χ0v) is 13.1. The third-order valence-corrected chi connectivity index (χ3v) is 4.37. The van der Waals surface area contributed by atoms with Gasteiger partial charge in [0.25, 0.3) is 5.91 Å². The number of para-hydroxylation sites is 1. The third-order valence-electron chi connectivity index (χ3n) is 3.08. The lowest BCUT2D eigenvalue weighted by Crippen LogP contribution is -2.13. The number of carbonyl (C=O) groups is 1. The summed E-state index contributed by atoms with van der Waals surface area (Å²) in [6, 6.07) is 14.7. The lowest BCUT2D eigenvalue weighted by molar-refractivity contribution is 0.102. The van der Waals surface area contributed by atoms with E-state index in [9.17, 15) is 4.79 Å². The SMILES string of the molecule is O=C(Nc1cccc2cccnc12)c1cccc(Br)c1Cl. The maximum absolute atomic E-state index is 12.4. The molecule has 1 N–H and O–H groups in total. The van der Waals surface area contributed by atoms with Crippen molar-refractivity contribution in [3.8, 4) is 0 Å². The van der Waals surface area contributed by atoms with Crippen LogP contribution in [-0.2, 0) is 0 Å². The smallest absolute Gasteiger partial charge is 0.257 e. The molecule has 3 nitrogen and oxygen atoms in total. The van der Waals surface area contributed by atoms with E-state index < -0.39 is 0 Å². The van der Waals surface area contributed by atoms with E-state index in [0.29, 0.717) is 20.7 Å². The van der Waals surface area contributed by atoms with Crippen molar-refractivity contribution >= 4 is 50.0 Å². The molecule has 0 radical (unpaired) electrons. The van der Waals surface area contributed by atoms with Gasteiger partial charge in [-0.15, -0.1) is 0 Å². The van der Waals surface area contributed by atoms with Crippen molar-refractivity contribution < 1.29 is 4.79 Å². The number of rotatable bonds is 2. The normalized spacial score (nSPS) is 10.6. The molecule has 0 aliphatic rings. The number of fused-ring (bicyclic) bond motifs is 1. The van der Waals surface area contributed by atoms with Crippen molar-refractivity contribution in [2.45, 2.75) is 0 Å².